The first-order valence-electron chi connectivity index (χ1n) is 7.57. The predicted octanol–water partition coefficient (Wildman–Crippen LogP) is 3.98. The summed E-state index contributed by atoms with van der Waals surface area (Å²) in [6.07, 6.45) is 0.983. The fraction of sp³-hybridized carbons (Fsp3) is 0.222. The molecule has 2 aromatic rings. The van der Waals surface area contributed by atoms with Crippen LogP contribution in [0, 0.1) is 5.92 Å². The van der Waals surface area contributed by atoms with E-state index >= 15 is 0 Å². The Labute approximate surface area is 155 Å². The number of halogens is 2. The Balaban J connectivity index is 1.52. The van der Waals surface area contributed by atoms with Gasteiger partial charge in [-0.2, -0.15) is 0 Å². The summed E-state index contributed by atoms with van der Waals surface area (Å²) in [5.41, 5.74) is 3.12. The first kappa shape index (κ1) is 15.8. The minimum absolute atomic E-state index is 0.0970. The van der Waals surface area contributed by atoms with Gasteiger partial charge in [0, 0.05) is 26.5 Å². The number of carboxylic acid groups (broad SMARTS) is 1. The highest BCUT2D eigenvalue weighted by molar-refractivity contribution is 9.10. The third-order valence-electron chi connectivity index (χ3n) is 4.80. The van der Waals surface area contributed by atoms with Gasteiger partial charge in [0.15, 0.2) is 0 Å². The maximum absolute atomic E-state index is 12.5. The van der Waals surface area contributed by atoms with E-state index in [1.807, 2.05) is 6.07 Å². The van der Waals surface area contributed by atoms with Gasteiger partial charge in [0.1, 0.15) is 0 Å². The third-order valence-corrected chi connectivity index (χ3v) is 5.75. The number of carbonyl (C=O) groups is 2. The molecular weight excluding hydrogens is 438 g/mol. The number of hydrogen-bond acceptors (Lipinski definition) is 2. The van der Waals surface area contributed by atoms with E-state index < -0.39 is 5.97 Å². The zero-order valence-corrected chi connectivity index (χ0v) is 15.6. The number of hydrogen-bond donors (Lipinski definition) is 2. The summed E-state index contributed by atoms with van der Waals surface area (Å²) in [6.45, 7) is 0. The molecule has 0 saturated heterocycles. The number of carbonyl (C=O) groups excluding carboxylic acids is 1. The second-order valence-electron chi connectivity index (χ2n) is 6.27. The highest BCUT2D eigenvalue weighted by atomic mass is 79.9. The van der Waals surface area contributed by atoms with Gasteiger partial charge in [-0.05, 0) is 53.8 Å². The van der Waals surface area contributed by atoms with Crippen molar-refractivity contribution in [2.45, 2.75) is 18.4 Å². The number of aromatic carboxylic acids is 1. The standard InChI is InChI=1S/C18H13Br2NO3/c19-11-2-1-8-6-14-15(13(8)7-11)16(14)21-17(22)9-3-10(18(23)24)5-12(20)4-9/h1-5,7,14-16H,6H2,(H,21,22)(H,23,24). The molecule has 2 N–H and O–H groups in total. The monoisotopic (exact) mass is 449 g/mol. The fourth-order valence-electron chi connectivity index (χ4n) is 3.64. The van der Waals surface area contributed by atoms with Crippen molar-refractivity contribution in [1.29, 1.82) is 0 Å². The molecule has 6 heteroatoms. The van der Waals surface area contributed by atoms with Crippen LogP contribution in [0.25, 0.3) is 0 Å². The van der Waals surface area contributed by atoms with E-state index in [2.05, 4.69) is 49.3 Å². The van der Waals surface area contributed by atoms with E-state index in [9.17, 15) is 9.59 Å². The quantitative estimate of drug-likeness (QED) is 0.743. The zero-order chi connectivity index (χ0) is 17.0. The van der Waals surface area contributed by atoms with Crippen molar-refractivity contribution in [1.82, 2.24) is 5.32 Å². The van der Waals surface area contributed by atoms with Crippen molar-refractivity contribution in [3.05, 3.63) is 67.6 Å². The van der Waals surface area contributed by atoms with Crippen LogP contribution < -0.4 is 5.32 Å². The van der Waals surface area contributed by atoms with Crippen LogP contribution in [0.4, 0.5) is 0 Å². The zero-order valence-electron chi connectivity index (χ0n) is 12.4. The topological polar surface area (TPSA) is 66.4 Å². The van der Waals surface area contributed by atoms with Crippen molar-refractivity contribution in [2.24, 2.45) is 5.92 Å². The van der Waals surface area contributed by atoms with Crippen molar-refractivity contribution < 1.29 is 14.7 Å². The summed E-state index contributed by atoms with van der Waals surface area (Å²) >= 11 is 6.76. The Morgan fingerprint density at radius 3 is 2.54 bits per heavy atom. The number of nitrogens with one attached hydrogen (secondary N) is 1. The molecule has 1 amide bonds. The number of benzene rings is 2. The third kappa shape index (κ3) is 2.67. The van der Waals surface area contributed by atoms with Gasteiger partial charge in [0.2, 0.25) is 0 Å². The molecule has 0 radical (unpaired) electrons. The molecule has 3 unspecified atom stereocenters. The molecule has 2 aliphatic carbocycles. The molecule has 24 heavy (non-hydrogen) atoms. The van der Waals surface area contributed by atoms with Crippen LogP contribution in [0.15, 0.2) is 45.3 Å². The Kier molecular flexibility index (Phi) is 3.77. The molecule has 0 bridgehead atoms. The van der Waals surface area contributed by atoms with Crippen LogP contribution in [-0.2, 0) is 6.42 Å². The van der Waals surface area contributed by atoms with E-state index in [0.717, 1.165) is 10.9 Å². The first-order chi connectivity index (χ1) is 11.4. The average molecular weight is 451 g/mol. The Morgan fingerprint density at radius 1 is 1.04 bits per heavy atom. The van der Waals surface area contributed by atoms with Crippen LogP contribution in [0.2, 0.25) is 0 Å². The number of amides is 1. The van der Waals surface area contributed by atoms with E-state index in [1.54, 1.807) is 6.07 Å². The summed E-state index contributed by atoms with van der Waals surface area (Å²) < 4.78 is 1.63. The van der Waals surface area contributed by atoms with E-state index in [4.69, 9.17) is 5.11 Å². The Morgan fingerprint density at radius 2 is 1.79 bits per heavy atom. The Hall–Kier alpha value is -1.66. The first-order valence-corrected chi connectivity index (χ1v) is 9.16. The number of fused-ring (bicyclic) bond motifs is 3. The lowest BCUT2D eigenvalue weighted by molar-refractivity contribution is 0.0697. The summed E-state index contributed by atoms with van der Waals surface area (Å²) in [7, 11) is 0. The molecule has 3 atom stereocenters. The Bertz CT molecular complexity index is 881. The van der Waals surface area contributed by atoms with Gasteiger partial charge >= 0.3 is 5.97 Å². The van der Waals surface area contributed by atoms with Crippen LogP contribution in [0.5, 0.6) is 0 Å². The van der Waals surface area contributed by atoms with E-state index in [-0.39, 0.29) is 17.5 Å². The molecule has 1 saturated carbocycles. The lowest BCUT2D eigenvalue weighted by atomic mass is 10.0. The van der Waals surface area contributed by atoms with Gasteiger partial charge in [0.05, 0.1) is 5.56 Å². The molecule has 0 aliphatic heterocycles. The molecule has 4 nitrogen and oxygen atoms in total. The summed E-state index contributed by atoms with van der Waals surface area (Å²) in [5.74, 6) is -0.459. The maximum atomic E-state index is 12.5. The molecule has 0 heterocycles. The molecule has 2 aromatic carbocycles. The minimum atomic E-state index is -1.05. The van der Waals surface area contributed by atoms with Crippen molar-refractivity contribution in [3.63, 3.8) is 0 Å². The summed E-state index contributed by atoms with van der Waals surface area (Å²) in [5, 5.41) is 12.2. The SMILES string of the molecule is O=C(O)c1cc(Br)cc(C(=O)NC2C3Cc4ccc(Br)cc4C32)c1. The van der Waals surface area contributed by atoms with E-state index in [1.165, 1.54) is 23.3 Å². The second kappa shape index (κ2) is 5.70. The second-order valence-corrected chi connectivity index (χ2v) is 8.10. The van der Waals surface area contributed by atoms with Gasteiger partial charge in [-0.3, -0.25) is 4.79 Å². The van der Waals surface area contributed by atoms with Gasteiger partial charge in [0.25, 0.3) is 5.91 Å². The predicted molar refractivity (Wildman–Crippen MR) is 96.4 cm³/mol. The van der Waals surface area contributed by atoms with Gasteiger partial charge in [-0.1, -0.05) is 37.9 Å². The summed E-state index contributed by atoms with van der Waals surface area (Å²) in [4.78, 5) is 23.6. The summed E-state index contributed by atoms with van der Waals surface area (Å²) in [6, 6.07) is 11.0. The van der Waals surface area contributed by atoms with Crippen LogP contribution in [0.1, 0.15) is 37.8 Å². The molecule has 1 fully saturated rings. The van der Waals surface area contributed by atoms with Gasteiger partial charge in [-0.15, -0.1) is 0 Å². The van der Waals surface area contributed by atoms with Crippen molar-refractivity contribution in [3.8, 4) is 0 Å². The molecule has 4 rings (SSSR count). The normalized spacial score (nSPS) is 23.3. The molecule has 122 valence electrons. The average Bonchev–Trinajstić information content (AvgIpc) is 3.05. The lowest BCUT2D eigenvalue weighted by Crippen LogP contribution is -2.29. The maximum Gasteiger partial charge on any atom is 0.335 e. The lowest BCUT2D eigenvalue weighted by Gasteiger charge is -2.11. The minimum Gasteiger partial charge on any atom is -0.478 e. The van der Waals surface area contributed by atoms with E-state index in [0.29, 0.717) is 21.9 Å². The van der Waals surface area contributed by atoms with Gasteiger partial charge in [-0.25, -0.2) is 4.79 Å². The molecule has 2 aliphatic rings. The number of carboxylic acids is 1. The van der Waals surface area contributed by atoms with Crippen molar-refractivity contribution in [2.75, 3.05) is 0 Å². The van der Waals surface area contributed by atoms with Crippen molar-refractivity contribution >= 4 is 43.7 Å². The largest absolute Gasteiger partial charge is 0.478 e. The molecule has 0 aromatic heterocycles. The highest BCUT2D eigenvalue weighted by Gasteiger charge is 2.56. The number of rotatable bonds is 3. The molecule has 0 spiro atoms. The van der Waals surface area contributed by atoms with Crippen LogP contribution in [-0.4, -0.2) is 23.0 Å². The fourth-order valence-corrected chi connectivity index (χ4v) is 4.52. The highest BCUT2D eigenvalue weighted by Crippen LogP contribution is 2.56. The molecular formula is C18H13Br2NO3. The van der Waals surface area contributed by atoms with Crippen LogP contribution >= 0.6 is 31.9 Å². The smallest absolute Gasteiger partial charge is 0.335 e. The van der Waals surface area contributed by atoms with Gasteiger partial charge < -0.3 is 10.4 Å². The van der Waals surface area contributed by atoms with Crippen LogP contribution in [0.3, 0.4) is 0 Å².